The highest BCUT2D eigenvalue weighted by Crippen LogP contribution is 2.30. The van der Waals surface area contributed by atoms with E-state index < -0.39 is 61.1 Å². The van der Waals surface area contributed by atoms with Crippen LogP contribution in [0.4, 0.5) is 0 Å². The lowest BCUT2D eigenvalue weighted by Crippen LogP contribution is -2.62. The Morgan fingerprint density at radius 3 is 2.15 bits per heavy atom. The number of esters is 3. The van der Waals surface area contributed by atoms with Crippen LogP contribution in [0.1, 0.15) is 46.0 Å². The van der Waals surface area contributed by atoms with Crippen LogP contribution >= 0.6 is 0 Å². The van der Waals surface area contributed by atoms with Crippen molar-refractivity contribution in [2.45, 2.75) is 76.7 Å². The highest BCUT2D eigenvalue weighted by Gasteiger charge is 2.52. The van der Waals surface area contributed by atoms with Crippen LogP contribution in [0.5, 0.6) is 0 Å². The molecular formula is C23H34O10. The largest absolute Gasteiger partial charge is 0.455 e. The fourth-order valence-corrected chi connectivity index (χ4v) is 3.13. The minimum atomic E-state index is -1.32. The van der Waals surface area contributed by atoms with Gasteiger partial charge in [0.2, 0.25) is 0 Å². The molecule has 0 aromatic rings. The smallest absolute Gasteiger partial charge is 0.309 e. The number of carbonyl (C=O) groups excluding carboxylic acids is 4. The Morgan fingerprint density at radius 2 is 1.61 bits per heavy atom. The zero-order valence-electron chi connectivity index (χ0n) is 19.4. The van der Waals surface area contributed by atoms with Crippen LogP contribution in [0.2, 0.25) is 0 Å². The van der Waals surface area contributed by atoms with E-state index in [-0.39, 0.29) is 25.0 Å². The zero-order valence-corrected chi connectivity index (χ0v) is 19.4. The van der Waals surface area contributed by atoms with Gasteiger partial charge in [-0.15, -0.1) is 13.2 Å². The van der Waals surface area contributed by atoms with Crippen LogP contribution in [0, 0.1) is 5.92 Å². The lowest BCUT2D eigenvalue weighted by atomic mass is 9.97. The molecule has 186 valence electrons. The number of aliphatic hydroxyl groups excluding tert-OH is 1. The molecule has 1 heterocycles. The molecule has 0 unspecified atom stereocenters. The molecule has 1 saturated heterocycles. The predicted octanol–water partition coefficient (Wildman–Crippen LogP) is 1.63. The third-order valence-electron chi connectivity index (χ3n) is 4.95. The summed E-state index contributed by atoms with van der Waals surface area (Å²) in [4.78, 5) is 48.6. The molecule has 1 rings (SSSR count). The number of ether oxygens (including phenoxy) is 5. The molecule has 1 aliphatic rings. The molecule has 10 nitrogen and oxygen atoms in total. The van der Waals surface area contributed by atoms with Crippen molar-refractivity contribution in [1.29, 1.82) is 0 Å². The topological polar surface area (TPSA) is 135 Å². The highest BCUT2D eigenvalue weighted by atomic mass is 16.7. The normalized spacial score (nSPS) is 25.4. The van der Waals surface area contributed by atoms with Crippen molar-refractivity contribution in [3.63, 3.8) is 0 Å². The molecule has 1 aliphatic heterocycles. The van der Waals surface area contributed by atoms with E-state index in [1.165, 1.54) is 20.1 Å². The lowest BCUT2D eigenvalue weighted by Gasteiger charge is -2.44. The van der Waals surface area contributed by atoms with Crippen LogP contribution in [-0.2, 0) is 42.9 Å². The Hall–Kier alpha value is -2.56. The predicted molar refractivity (Wildman–Crippen MR) is 116 cm³/mol. The number of aliphatic hydroxyl groups is 1. The van der Waals surface area contributed by atoms with Crippen molar-refractivity contribution in [3.8, 4) is 0 Å². The maximum absolute atomic E-state index is 12.6. The number of carbonyl (C=O) groups is 4. The first-order chi connectivity index (χ1) is 15.7. The number of hydrogen-bond donors (Lipinski definition) is 1. The minimum Gasteiger partial charge on any atom is -0.455 e. The van der Waals surface area contributed by atoms with E-state index in [2.05, 4.69) is 13.2 Å². The average molecular weight is 471 g/mol. The van der Waals surface area contributed by atoms with Gasteiger partial charge in [-0.1, -0.05) is 19.1 Å². The standard InChI is InChI=1S/C23H34O10/c1-6-8-10-17(26)31-20-19(33-22(28)14(3)9-7-2)16(13-24)30-23(29-5)21(20)32-18(27)12-11-15(4)25/h6-7,14,16,19-21,23-24H,1-2,8-13H2,3-5H3/t14-,16-,19-,20+,21-,23+/m1/s1. The maximum atomic E-state index is 12.6. The van der Waals surface area contributed by atoms with Crippen LogP contribution in [0.15, 0.2) is 25.3 Å². The summed E-state index contributed by atoms with van der Waals surface area (Å²) >= 11 is 0. The van der Waals surface area contributed by atoms with Gasteiger partial charge < -0.3 is 33.6 Å². The van der Waals surface area contributed by atoms with Gasteiger partial charge in [-0.3, -0.25) is 14.4 Å². The van der Waals surface area contributed by atoms with Gasteiger partial charge in [-0.2, -0.15) is 0 Å². The number of hydrogen-bond acceptors (Lipinski definition) is 10. The van der Waals surface area contributed by atoms with Crippen molar-refractivity contribution in [1.82, 2.24) is 0 Å². The number of allylic oxidation sites excluding steroid dienone is 2. The monoisotopic (exact) mass is 470 g/mol. The fraction of sp³-hybridized carbons (Fsp3) is 0.652. The summed E-state index contributed by atoms with van der Waals surface area (Å²) in [5.41, 5.74) is 0. The molecule has 0 aliphatic carbocycles. The Kier molecular flexibility index (Phi) is 12.6. The first-order valence-corrected chi connectivity index (χ1v) is 10.8. The number of methoxy groups -OCH3 is 1. The van der Waals surface area contributed by atoms with E-state index in [0.29, 0.717) is 12.8 Å². The lowest BCUT2D eigenvalue weighted by molar-refractivity contribution is -0.303. The number of ketones is 1. The van der Waals surface area contributed by atoms with E-state index in [9.17, 15) is 24.3 Å². The van der Waals surface area contributed by atoms with Crippen LogP contribution in [-0.4, -0.2) is 73.2 Å². The zero-order chi connectivity index (χ0) is 25.0. The Labute approximate surface area is 193 Å². The molecule has 0 aromatic carbocycles. The number of Topliss-reactive ketones (excluding diaryl/α,β-unsaturated/α-hetero) is 1. The molecule has 1 N–H and O–H groups in total. The first-order valence-electron chi connectivity index (χ1n) is 10.8. The molecule has 0 radical (unpaired) electrons. The van der Waals surface area contributed by atoms with Crippen LogP contribution in [0.25, 0.3) is 0 Å². The fourth-order valence-electron chi connectivity index (χ4n) is 3.13. The third-order valence-corrected chi connectivity index (χ3v) is 4.95. The van der Waals surface area contributed by atoms with Gasteiger partial charge in [-0.25, -0.2) is 0 Å². The van der Waals surface area contributed by atoms with Gasteiger partial charge in [0.1, 0.15) is 11.9 Å². The number of rotatable bonds is 14. The Morgan fingerprint density at radius 1 is 0.970 bits per heavy atom. The van der Waals surface area contributed by atoms with Gasteiger partial charge >= 0.3 is 17.9 Å². The molecule has 0 aromatic heterocycles. The minimum absolute atomic E-state index is 0.0131. The molecule has 0 bridgehead atoms. The SMILES string of the molecule is C=CCCC(=O)O[C@@H]1[C@@H](OC(=O)CCC(C)=O)[C@@H](OC)O[C@H](CO)[C@H]1OC(=O)[C@H](C)CC=C. The van der Waals surface area contributed by atoms with Crippen molar-refractivity contribution >= 4 is 23.7 Å². The second kappa shape index (κ2) is 14.6. The molecule has 1 fully saturated rings. The molecule has 33 heavy (non-hydrogen) atoms. The first kappa shape index (κ1) is 28.5. The molecule has 6 atom stereocenters. The summed E-state index contributed by atoms with van der Waals surface area (Å²) in [6.07, 6.45) is -2.73. The van der Waals surface area contributed by atoms with E-state index in [4.69, 9.17) is 23.7 Å². The van der Waals surface area contributed by atoms with E-state index in [1.54, 1.807) is 13.0 Å². The van der Waals surface area contributed by atoms with Gasteiger partial charge in [0.25, 0.3) is 0 Å². The van der Waals surface area contributed by atoms with Gasteiger partial charge in [0, 0.05) is 20.0 Å². The third kappa shape index (κ3) is 9.07. The summed E-state index contributed by atoms with van der Waals surface area (Å²) < 4.78 is 27.5. The Bertz CT molecular complexity index is 703. The van der Waals surface area contributed by atoms with Crippen LogP contribution < -0.4 is 0 Å². The van der Waals surface area contributed by atoms with Gasteiger partial charge in [-0.05, 0) is 19.8 Å². The summed E-state index contributed by atoms with van der Waals surface area (Å²) in [7, 11) is 1.28. The second-order valence-corrected chi connectivity index (χ2v) is 7.73. The maximum Gasteiger partial charge on any atom is 0.309 e. The summed E-state index contributed by atoms with van der Waals surface area (Å²) in [5.74, 6) is -2.80. The van der Waals surface area contributed by atoms with Gasteiger partial charge in [0.05, 0.1) is 18.9 Å². The van der Waals surface area contributed by atoms with Crippen molar-refractivity contribution in [3.05, 3.63) is 25.3 Å². The van der Waals surface area contributed by atoms with Crippen LogP contribution in [0.3, 0.4) is 0 Å². The second-order valence-electron chi connectivity index (χ2n) is 7.73. The van der Waals surface area contributed by atoms with E-state index in [1.807, 2.05) is 0 Å². The van der Waals surface area contributed by atoms with Crippen molar-refractivity contribution in [2.24, 2.45) is 5.92 Å². The molecule has 10 heteroatoms. The summed E-state index contributed by atoms with van der Waals surface area (Å²) in [6.45, 7) is 9.53. The van der Waals surface area contributed by atoms with Crippen molar-refractivity contribution < 1.29 is 48.0 Å². The summed E-state index contributed by atoms with van der Waals surface area (Å²) in [6, 6.07) is 0. The summed E-state index contributed by atoms with van der Waals surface area (Å²) in [5, 5.41) is 9.85. The average Bonchev–Trinajstić information content (AvgIpc) is 2.78. The van der Waals surface area contributed by atoms with Gasteiger partial charge in [0.15, 0.2) is 24.6 Å². The van der Waals surface area contributed by atoms with E-state index >= 15 is 0 Å². The molecular weight excluding hydrogens is 436 g/mol. The quantitative estimate of drug-likeness (QED) is 0.227. The molecule has 0 amide bonds. The molecule has 0 spiro atoms. The molecule has 0 saturated carbocycles. The highest BCUT2D eigenvalue weighted by molar-refractivity contribution is 5.81. The van der Waals surface area contributed by atoms with Crippen molar-refractivity contribution in [2.75, 3.05) is 13.7 Å². The Balaban J connectivity index is 3.24. The van der Waals surface area contributed by atoms with E-state index in [0.717, 1.165) is 0 Å².